The fourth-order valence-electron chi connectivity index (χ4n) is 3.07. The average Bonchev–Trinajstić information content (AvgIpc) is 2.72. The van der Waals surface area contributed by atoms with Gasteiger partial charge < -0.3 is 24.3 Å². The topological polar surface area (TPSA) is 49.0 Å². The quantitative estimate of drug-likeness (QED) is 0.783. The van der Waals surface area contributed by atoms with E-state index in [2.05, 4.69) is 5.32 Å². The summed E-state index contributed by atoms with van der Waals surface area (Å²) in [5, 5.41) is 3.54. The zero-order valence-corrected chi connectivity index (χ0v) is 15.5. The lowest BCUT2D eigenvalue weighted by Crippen LogP contribution is -2.36. The maximum atomic E-state index is 6.00. The fourth-order valence-corrected chi connectivity index (χ4v) is 3.07. The molecule has 0 saturated carbocycles. The summed E-state index contributed by atoms with van der Waals surface area (Å²) in [6.07, 6.45) is 2.25. The first-order chi connectivity index (χ1) is 12.8. The lowest BCUT2D eigenvalue weighted by atomic mass is 10.1. The van der Waals surface area contributed by atoms with Crippen LogP contribution in [0.2, 0.25) is 0 Å². The minimum atomic E-state index is 0.398. The lowest BCUT2D eigenvalue weighted by molar-refractivity contribution is 0.0699. The standard InChI is InChI=1S/C21H27NO4/c1-23-19-11-17(13-22-18-9-6-10-25-15-18)12-20(24-2)21(19)26-14-16-7-4-3-5-8-16/h3-5,7-8,11-12,18,22H,6,9-10,13-15H2,1-2H3. The van der Waals surface area contributed by atoms with Crippen LogP contribution in [0, 0.1) is 0 Å². The van der Waals surface area contributed by atoms with Gasteiger partial charge in [-0.15, -0.1) is 0 Å². The van der Waals surface area contributed by atoms with Gasteiger partial charge in [-0.1, -0.05) is 30.3 Å². The monoisotopic (exact) mass is 357 g/mol. The second-order valence-corrected chi connectivity index (χ2v) is 6.40. The zero-order chi connectivity index (χ0) is 18.2. The van der Waals surface area contributed by atoms with Crippen molar-refractivity contribution < 1.29 is 18.9 Å². The van der Waals surface area contributed by atoms with Gasteiger partial charge in [0.2, 0.25) is 5.75 Å². The highest BCUT2D eigenvalue weighted by Crippen LogP contribution is 2.39. The van der Waals surface area contributed by atoms with Crippen molar-refractivity contribution in [2.75, 3.05) is 27.4 Å². The number of nitrogens with one attached hydrogen (secondary N) is 1. The lowest BCUT2D eigenvalue weighted by Gasteiger charge is -2.23. The van der Waals surface area contributed by atoms with Crippen LogP contribution in [0.3, 0.4) is 0 Å². The third-order valence-electron chi connectivity index (χ3n) is 4.50. The van der Waals surface area contributed by atoms with E-state index in [4.69, 9.17) is 18.9 Å². The van der Waals surface area contributed by atoms with E-state index in [0.29, 0.717) is 29.9 Å². The van der Waals surface area contributed by atoms with Gasteiger partial charge in [0.1, 0.15) is 6.61 Å². The van der Waals surface area contributed by atoms with Crippen LogP contribution in [0.4, 0.5) is 0 Å². The van der Waals surface area contributed by atoms with Crippen molar-refractivity contribution in [1.82, 2.24) is 5.32 Å². The molecule has 140 valence electrons. The van der Waals surface area contributed by atoms with Crippen molar-refractivity contribution in [2.45, 2.75) is 32.0 Å². The van der Waals surface area contributed by atoms with Gasteiger partial charge in [-0.25, -0.2) is 0 Å². The Morgan fingerprint density at radius 1 is 1.04 bits per heavy atom. The second kappa shape index (κ2) is 9.46. The molecular weight excluding hydrogens is 330 g/mol. The van der Waals surface area contributed by atoms with Gasteiger partial charge in [0, 0.05) is 19.2 Å². The minimum Gasteiger partial charge on any atom is -0.493 e. The molecule has 0 aromatic heterocycles. The van der Waals surface area contributed by atoms with Gasteiger partial charge in [-0.05, 0) is 36.1 Å². The van der Waals surface area contributed by atoms with Crippen LogP contribution in [-0.2, 0) is 17.9 Å². The van der Waals surface area contributed by atoms with E-state index in [-0.39, 0.29) is 0 Å². The maximum absolute atomic E-state index is 6.00. The number of rotatable bonds is 8. The number of hydrogen-bond acceptors (Lipinski definition) is 5. The highest BCUT2D eigenvalue weighted by atomic mass is 16.5. The first kappa shape index (κ1) is 18.5. The first-order valence-corrected chi connectivity index (χ1v) is 9.03. The van der Waals surface area contributed by atoms with E-state index in [9.17, 15) is 0 Å². The van der Waals surface area contributed by atoms with Crippen LogP contribution >= 0.6 is 0 Å². The summed E-state index contributed by atoms with van der Waals surface area (Å²) in [6.45, 7) is 2.84. The van der Waals surface area contributed by atoms with Crippen LogP contribution in [0.5, 0.6) is 17.2 Å². The van der Waals surface area contributed by atoms with E-state index >= 15 is 0 Å². The molecule has 0 radical (unpaired) electrons. The first-order valence-electron chi connectivity index (χ1n) is 9.03. The molecule has 0 amide bonds. The highest BCUT2D eigenvalue weighted by molar-refractivity contribution is 5.54. The summed E-state index contributed by atoms with van der Waals surface area (Å²) in [5.74, 6) is 1.98. The van der Waals surface area contributed by atoms with Crippen molar-refractivity contribution in [1.29, 1.82) is 0 Å². The molecule has 26 heavy (non-hydrogen) atoms. The number of methoxy groups -OCH3 is 2. The van der Waals surface area contributed by atoms with Crippen molar-refractivity contribution in [2.24, 2.45) is 0 Å². The van der Waals surface area contributed by atoms with E-state index in [0.717, 1.165) is 43.7 Å². The Labute approximate surface area is 155 Å². The molecule has 5 nitrogen and oxygen atoms in total. The Morgan fingerprint density at radius 3 is 2.38 bits per heavy atom. The molecule has 1 aliphatic heterocycles. The fraction of sp³-hybridized carbons (Fsp3) is 0.429. The van der Waals surface area contributed by atoms with E-state index in [1.807, 2.05) is 42.5 Å². The Bertz CT molecular complexity index is 659. The van der Waals surface area contributed by atoms with Crippen LogP contribution in [0.15, 0.2) is 42.5 Å². The number of ether oxygens (including phenoxy) is 4. The summed E-state index contributed by atoms with van der Waals surface area (Å²) in [5.41, 5.74) is 2.19. The molecule has 2 aromatic carbocycles. The van der Waals surface area contributed by atoms with Gasteiger partial charge in [0.05, 0.1) is 20.8 Å². The van der Waals surface area contributed by atoms with Gasteiger partial charge in [-0.2, -0.15) is 0 Å². The molecule has 1 saturated heterocycles. The predicted molar refractivity (Wildman–Crippen MR) is 101 cm³/mol. The van der Waals surface area contributed by atoms with Crippen molar-refractivity contribution in [3.63, 3.8) is 0 Å². The van der Waals surface area contributed by atoms with Crippen molar-refractivity contribution >= 4 is 0 Å². The third kappa shape index (κ3) is 4.90. The van der Waals surface area contributed by atoms with E-state index in [1.54, 1.807) is 14.2 Å². The number of benzene rings is 2. The van der Waals surface area contributed by atoms with Gasteiger partial charge in [0.25, 0.3) is 0 Å². The SMILES string of the molecule is COc1cc(CNC2CCCOC2)cc(OC)c1OCc1ccccc1. The highest BCUT2D eigenvalue weighted by Gasteiger charge is 2.17. The Balaban J connectivity index is 1.70. The molecule has 1 aliphatic rings. The summed E-state index contributed by atoms with van der Waals surface area (Å²) >= 11 is 0. The Hall–Kier alpha value is -2.24. The summed E-state index contributed by atoms with van der Waals surface area (Å²) in [6, 6.07) is 14.4. The molecule has 0 aliphatic carbocycles. The summed E-state index contributed by atoms with van der Waals surface area (Å²) < 4.78 is 22.6. The summed E-state index contributed by atoms with van der Waals surface area (Å²) in [4.78, 5) is 0. The van der Waals surface area contributed by atoms with Crippen LogP contribution in [0.25, 0.3) is 0 Å². The largest absolute Gasteiger partial charge is 0.493 e. The smallest absolute Gasteiger partial charge is 0.203 e. The Kier molecular flexibility index (Phi) is 6.75. The molecule has 1 fully saturated rings. The molecule has 1 N–H and O–H groups in total. The average molecular weight is 357 g/mol. The molecule has 3 rings (SSSR count). The molecule has 5 heteroatoms. The summed E-state index contributed by atoms with van der Waals surface area (Å²) in [7, 11) is 3.30. The van der Waals surface area contributed by atoms with Crippen LogP contribution < -0.4 is 19.5 Å². The van der Waals surface area contributed by atoms with Gasteiger partial charge >= 0.3 is 0 Å². The van der Waals surface area contributed by atoms with Crippen molar-refractivity contribution in [3.8, 4) is 17.2 Å². The maximum Gasteiger partial charge on any atom is 0.203 e. The molecule has 0 spiro atoms. The molecular formula is C21H27NO4. The zero-order valence-electron chi connectivity index (χ0n) is 15.5. The predicted octanol–water partition coefficient (Wildman–Crippen LogP) is 3.55. The molecule has 1 atom stereocenters. The normalized spacial score (nSPS) is 16.9. The minimum absolute atomic E-state index is 0.398. The molecule has 1 heterocycles. The van der Waals surface area contributed by atoms with Crippen molar-refractivity contribution in [3.05, 3.63) is 53.6 Å². The van der Waals surface area contributed by atoms with E-state index in [1.165, 1.54) is 0 Å². The van der Waals surface area contributed by atoms with Crippen LogP contribution in [0.1, 0.15) is 24.0 Å². The Morgan fingerprint density at radius 2 is 1.77 bits per heavy atom. The number of hydrogen-bond donors (Lipinski definition) is 1. The third-order valence-corrected chi connectivity index (χ3v) is 4.50. The molecule has 2 aromatic rings. The molecule has 0 bridgehead atoms. The van der Waals surface area contributed by atoms with Crippen LogP contribution in [-0.4, -0.2) is 33.5 Å². The second-order valence-electron chi connectivity index (χ2n) is 6.40. The molecule has 1 unspecified atom stereocenters. The van der Waals surface area contributed by atoms with Gasteiger partial charge in [-0.3, -0.25) is 0 Å². The van der Waals surface area contributed by atoms with Gasteiger partial charge in [0.15, 0.2) is 11.5 Å². The van der Waals surface area contributed by atoms with E-state index < -0.39 is 0 Å².